The molecule has 0 heterocycles. The highest BCUT2D eigenvalue weighted by atomic mass is 14.6. The average molecular weight is 168 g/mol. The molecule has 0 saturated carbocycles. The summed E-state index contributed by atoms with van der Waals surface area (Å²) >= 11 is 0. The summed E-state index contributed by atoms with van der Waals surface area (Å²) in [6, 6.07) is 0. The Morgan fingerprint density at radius 3 is 0.917 bits per heavy atom. The van der Waals surface area contributed by atoms with Crippen molar-refractivity contribution in [2.45, 2.75) is 41.5 Å². The first-order valence-corrected chi connectivity index (χ1v) is 4.25. The van der Waals surface area contributed by atoms with Crippen LogP contribution in [0.25, 0.3) is 0 Å². The van der Waals surface area contributed by atoms with E-state index in [9.17, 15) is 0 Å². The van der Waals surface area contributed by atoms with E-state index in [0.717, 1.165) is 0 Å². The largest absolute Gasteiger partial charge is 0.303 e. The molecule has 0 aromatic carbocycles. The summed E-state index contributed by atoms with van der Waals surface area (Å²) in [5.74, 6) is 0. The fourth-order valence-corrected chi connectivity index (χ4v) is 0.750. The molecule has 0 atom stereocenters. The van der Waals surface area contributed by atoms with Crippen LogP contribution in [0.3, 0.4) is 0 Å². The highest BCUT2D eigenvalue weighted by Gasteiger charge is 2.28. The van der Waals surface area contributed by atoms with E-state index in [0.29, 0.717) is 11.4 Å². The minimum Gasteiger partial charge on any atom is -0.303 e. The van der Waals surface area contributed by atoms with Gasteiger partial charge in [0.15, 0.2) is 0 Å². The van der Waals surface area contributed by atoms with Gasteiger partial charge in [-0.05, 0) is 0 Å². The molecule has 70 valence electrons. The van der Waals surface area contributed by atoms with Gasteiger partial charge in [0.1, 0.15) is 0 Å². The number of rotatable bonds is 1. The molecule has 0 radical (unpaired) electrons. The summed E-state index contributed by atoms with van der Waals surface area (Å²) in [5.41, 5.74) is 0.472. The molecule has 0 bridgehead atoms. The van der Waals surface area contributed by atoms with E-state index in [1.165, 1.54) is 0 Å². The lowest BCUT2D eigenvalue weighted by Gasteiger charge is -2.27. The van der Waals surface area contributed by atoms with Crippen LogP contribution in [0.1, 0.15) is 41.5 Å². The van der Waals surface area contributed by atoms with Crippen LogP contribution >= 0.6 is 0 Å². The Balaban J connectivity index is 4.66. The van der Waals surface area contributed by atoms with Gasteiger partial charge >= 0.3 is 0 Å². The van der Waals surface area contributed by atoms with Gasteiger partial charge < -0.3 is 10.8 Å². The highest BCUT2D eigenvalue weighted by molar-refractivity contribution is 6.43. The number of nitrogens with one attached hydrogen (secondary N) is 2. The third-order valence-electron chi connectivity index (χ3n) is 1.75. The second-order valence-electron chi connectivity index (χ2n) is 5.25. The molecule has 0 aromatic heterocycles. The van der Waals surface area contributed by atoms with Crippen molar-refractivity contribution in [1.29, 1.82) is 10.8 Å². The van der Waals surface area contributed by atoms with Crippen LogP contribution in [-0.2, 0) is 0 Å². The van der Waals surface area contributed by atoms with Crippen LogP contribution in [0.15, 0.2) is 0 Å². The minimum atomic E-state index is -0.204. The molecule has 0 spiro atoms. The van der Waals surface area contributed by atoms with E-state index < -0.39 is 0 Å². The van der Waals surface area contributed by atoms with E-state index in [-0.39, 0.29) is 10.8 Å². The van der Waals surface area contributed by atoms with Crippen molar-refractivity contribution in [3.8, 4) is 0 Å². The van der Waals surface area contributed by atoms with E-state index in [2.05, 4.69) is 0 Å². The Hall–Kier alpha value is -0.660. The van der Waals surface area contributed by atoms with Crippen LogP contribution in [0.4, 0.5) is 0 Å². The molecule has 2 heteroatoms. The number of hydrogen-bond donors (Lipinski definition) is 2. The summed E-state index contributed by atoms with van der Waals surface area (Å²) in [6.45, 7) is 11.8. The molecular weight excluding hydrogens is 148 g/mol. The predicted molar refractivity (Wildman–Crippen MR) is 54.4 cm³/mol. The molecule has 2 N–H and O–H groups in total. The van der Waals surface area contributed by atoms with Crippen molar-refractivity contribution in [1.82, 2.24) is 0 Å². The molecule has 0 aliphatic rings. The van der Waals surface area contributed by atoms with Crippen LogP contribution < -0.4 is 0 Å². The van der Waals surface area contributed by atoms with Crippen molar-refractivity contribution >= 4 is 11.4 Å². The van der Waals surface area contributed by atoms with Gasteiger partial charge in [0.05, 0.1) is 11.4 Å². The second kappa shape index (κ2) is 3.00. The topological polar surface area (TPSA) is 47.7 Å². The monoisotopic (exact) mass is 168 g/mol. The molecule has 2 nitrogen and oxygen atoms in total. The maximum Gasteiger partial charge on any atom is 0.0580 e. The summed E-state index contributed by atoms with van der Waals surface area (Å²) in [6.07, 6.45) is 0. The van der Waals surface area contributed by atoms with E-state index >= 15 is 0 Å². The smallest absolute Gasteiger partial charge is 0.0580 e. The fourth-order valence-electron chi connectivity index (χ4n) is 0.750. The van der Waals surface area contributed by atoms with Crippen molar-refractivity contribution in [2.24, 2.45) is 10.8 Å². The van der Waals surface area contributed by atoms with Crippen molar-refractivity contribution in [2.75, 3.05) is 0 Å². The maximum absolute atomic E-state index is 7.78. The molecule has 0 aliphatic carbocycles. The third-order valence-corrected chi connectivity index (χ3v) is 1.75. The third kappa shape index (κ3) is 2.76. The fraction of sp³-hybridized carbons (Fsp3) is 0.800. The van der Waals surface area contributed by atoms with Gasteiger partial charge in [0, 0.05) is 10.8 Å². The molecule has 0 aromatic rings. The van der Waals surface area contributed by atoms with E-state index in [1.54, 1.807) is 0 Å². The normalized spacial score (nSPS) is 12.8. The summed E-state index contributed by atoms with van der Waals surface area (Å²) in [5, 5.41) is 15.6. The number of hydrogen-bond acceptors (Lipinski definition) is 2. The van der Waals surface area contributed by atoms with Gasteiger partial charge in [-0.3, -0.25) is 0 Å². The first-order valence-electron chi connectivity index (χ1n) is 4.25. The summed E-state index contributed by atoms with van der Waals surface area (Å²) < 4.78 is 0. The first-order chi connectivity index (χ1) is 5.07. The van der Waals surface area contributed by atoms with Crippen LogP contribution in [-0.4, -0.2) is 11.4 Å². The SMILES string of the molecule is CC(C)(C)C(=N)C(=N)C(C)(C)C. The Morgan fingerprint density at radius 1 is 0.667 bits per heavy atom. The van der Waals surface area contributed by atoms with Crippen LogP contribution in [0, 0.1) is 21.6 Å². The maximum atomic E-state index is 7.78. The predicted octanol–water partition coefficient (Wildman–Crippen LogP) is 3.12. The second-order valence-corrected chi connectivity index (χ2v) is 5.25. The Kier molecular flexibility index (Phi) is 2.83. The zero-order valence-electron chi connectivity index (χ0n) is 9.00. The van der Waals surface area contributed by atoms with Gasteiger partial charge in [0.2, 0.25) is 0 Å². The van der Waals surface area contributed by atoms with Crippen molar-refractivity contribution in [3.63, 3.8) is 0 Å². The zero-order chi connectivity index (χ0) is 10.2. The summed E-state index contributed by atoms with van der Waals surface area (Å²) in [7, 11) is 0. The lowest BCUT2D eigenvalue weighted by atomic mass is 9.78. The van der Waals surface area contributed by atoms with Gasteiger partial charge in [-0.1, -0.05) is 41.5 Å². The van der Waals surface area contributed by atoms with Crippen LogP contribution in [0.2, 0.25) is 0 Å². The molecule has 0 amide bonds. The van der Waals surface area contributed by atoms with E-state index in [1.807, 2.05) is 41.5 Å². The molecule has 0 fully saturated rings. The molecule has 0 unspecified atom stereocenters. The Labute approximate surface area is 75.4 Å². The van der Waals surface area contributed by atoms with Gasteiger partial charge in [-0.2, -0.15) is 0 Å². The van der Waals surface area contributed by atoms with Gasteiger partial charge in [-0.15, -0.1) is 0 Å². The van der Waals surface area contributed by atoms with E-state index in [4.69, 9.17) is 10.8 Å². The van der Waals surface area contributed by atoms with Crippen molar-refractivity contribution in [3.05, 3.63) is 0 Å². The lowest BCUT2D eigenvalue weighted by Crippen LogP contribution is -2.35. The molecule has 0 rings (SSSR count). The molecule has 0 aliphatic heterocycles. The molecule has 0 saturated heterocycles. The quantitative estimate of drug-likeness (QED) is 0.565. The van der Waals surface area contributed by atoms with Gasteiger partial charge in [-0.25, -0.2) is 0 Å². The lowest BCUT2D eigenvalue weighted by molar-refractivity contribution is 0.560. The standard InChI is InChI=1S/C10H20N2/c1-9(2,3)7(11)8(12)10(4,5)6/h11-12H,1-6H3. The highest BCUT2D eigenvalue weighted by Crippen LogP contribution is 2.23. The van der Waals surface area contributed by atoms with Crippen molar-refractivity contribution < 1.29 is 0 Å². The summed E-state index contributed by atoms with van der Waals surface area (Å²) in [4.78, 5) is 0. The van der Waals surface area contributed by atoms with Gasteiger partial charge in [0.25, 0.3) is 0 Å². The Morgan fingerprint density at radius 2 is 0.833 bits per heavy atom. The molecular formula is C10H20N2. The van der Waals surface area contributed by atoms with Crippen LogP contribution in [0.5, 0.6) is 0 Å². The average Bonchev–Trinajstić information content (AvgIpc) is 1.80. The minimum absolute atomic E-state index is 0.204. The Bertz CT molecular complexity index is 177. The molecule has 12 heavy (non-hydrogen) atoms. The zero-order valence-corrected chi connectivity index (χ0v) is 9.00. The first kappa shape index (κ1) is 11.3.